The van der Waals surface area contributed by atoms with Crippen LogP contribution in [0.3, 0.4) is 0 Å². The summed E-state index contributed by atoms with van der Waals surface area (Å²) < 4.78 is 0. The number of amides is 1. The molecule has 0 radical (unpaired) electrons. The van der Waals surface area contributed by atoms with Gasteiger partial charge in [-0.05, 0) is 59.0 Å². The number of amidine groups is 1. The van der Waals surface area contributed by atoms with Crippen molar-refractivity contribution in [2.75, 3.05) is 17.2 Å². The fourth-order valence-electron chi connectivity index (χ4n) is 4.22. The molecule has 4 rings (SSSR count). The highest BCUT2D eigenvalue weighted by molar-refractivity contribution is 5.99. The van der Waals surface area contributed by atoms with Crippen molar-refractivity contribution in [3.8, 4) is 11.1 Å². The van der Waals surface area contributed by atoms with Gasteiger partial charge < -0.3 is 21.5 Å². The summed E-state index contributed by atoms with van der Waals surface area (Å²) in [6.07, 6.45) is 0.698. The fourth-order valence-corrected chi connectivity index (χ4v) is 4.22. The molecule has 0 saturated carbocycles. The molecular formula is C25H24N4O3. The standard InChI is InChI=1S/C25H24N4O3/c1-14(30)29-18-7-8-20(22(12-18)25(31)32)19-5-3-2-4-15(19)10-17-13-28-23-9-6-16(24(26)27)11-21(17)23/h2-9,11-12,17,28H,10,13H2,1H3,(H3,26,27)(H,29,30)(H,31,32). The van der Waals surface area contributed by atoms with Crippen LogP contribution in [0.2, 0.25) is 0 Å². The highest BCUT2D eigenvalue weighted by atomic mass is 16.4. The summed E-state index contributed by atoms with van der Waals surface area (Å²) in [7, 11) is 0. The zero-order valence-electron chi connectivity index (χ0n) is 17.6. The van der Waals surface area contributed by atoms with Crippen molar-refractivity contribution in [2.24, 2.45) is 5.73 Å². The molecule has 1 heterocycles. The van der Waals surface area contributed by atoms with Crippen molar-refractivity contribution in [3.63, 3.8) is 0 Å². The Morgan fingerprint density at radius 3 is 2.62 bits per heavy atom. The molecule has 0 bridgehead atoms. The van der Waals surface area contributed by atoms with Crippen molar-refractivity contribution >= 4 is 29.1 Å². The molecule has 1 aliphatic rings. The number of nitrogens with one attached hydrogen (secondary N) is 3. The van der Waals surface area contributed by atoms with Crippen molar-refractivity contribution in [1.82, 2.24) is 0 Å². The molecule has 3 aromatic rings. The lowest BCUT2D eigenvalue weighted by Gasteiger charge is -2.17. The number of hydrogen-bond acceptors (Lipinski definition) is 4. The van der Waals surface area contributed by atoms with Crippen molar-refractivity contribution in [1.29, 1.82) is 5.41 Å². The highest BCUT2D eigenvalue weighted by Gasteiger charge is 2.25. The van der Waals surface area contributed by atoms with Gasteiger partial charge in [-0.15, -0.1) is 0 Å². The van der Waals surface area contributed by atoms with Gasteiger partial charge in [-0.2, -0.15) is 0 Å². The molecule has 1 aliphatic heterocycles. The maximum absolute atomic E-state index is 12.0. The minimum absolute atomic E-state index is 0.0317. The Bertz CT molecular complexity index is 1240. The Labute approximate surface area is 185 Å². The third kappa shape index (κ3) is 4.18. The second-order valence-corrected chi connectivity index (χ2v) is 7.90. The monoisotopic (exact) mass is 428 g/mol. The first-order valence-corrected chi connectivity index (χ1v) is 10.3. The number of nitrogens with two attached hydrogens (primary N) is 1. The van der Waals surface area contributed by atoms with Crippen molar-refractivity contribution < 1.29 is 14.7 Å². The molecule has 0 spiro atoms. The minimum Gasteiger partial charge on any atom is -0.478 e. The Hall–Kier alpha value is -4.13. The van der Waals surface area contributed by atoms with Crippen LogP contribution in [0.5, 0.6) is 0 Å². The van der Waals surface area contributed by atoms with Crippen molar-refractivity contribution in [3.05, 3.63) is 82.9 Å². The van der Waals surface area contributed by atoms with Crippen molar-refractivity contribution in [2.45, 2.75) is 19.3 Å². The number of carbonyl (C=O) groups excluding carboxylic acids is 1. The predicted octanol–water partition coefficient (Wildman–Crippen LogP) is 4.05. The normalized spacial score (nSPS) is 14.3. The number of fused-ring (bicyclic) bond motifs is 1. The average Bonchev–Trinajstić information content (AvgIpc) is 3.16. The second-order valence-electron chi connectivity index (χ2n) is 7.90. The Morgan fingerprint density at radius 2 is 1.91 bits per heavy atom. The van der Waals surface area contributed by atoms with E-state index in [-0.39, 0.29) is 23.2 Å². The van der Waals surface area contributed by atoms with Crippen LogP contribution in [0.25, 0.3) is 11.1 Å². The van der Waals surface area contributed by atoms with Crippen LogP contribution in [0.1, 0.15) is 39.9 Å². The Balaban J connectivity index is 1.72. The molecule has 1 amide bonds. The van der Waals surface area contributed by atoms with E-state index in [0.717, 1.165) is 28.9 Å². The molecule has 7 nitrogen and oxygen atoms in total. The molecule has 0 saturated heterocycles. The maximum atomic E-state index is 12.0. The van der Waals surface area contributed by atoms with Crippen LogP contribution in [0, 0.1) is 5.41 Å². The van der Waals surface area contributed by atoms with Gasteiger partial charge in [0, 0.05) is 36.3 Å². The molecule has 0 aromatic heterocycles. The number of rotatable bonds is 6. The predicted molar refractivity (Wildman–Crippen MR) is 126 cm³/mol. The van der Waals surface area contributed by atoms with Gasteiger partial charge in [0.1, 0.15) is 5.84 Å². The quantitative estimate of drug-likeness (QED) is 0.299. The van der Waals surface area contributed by atoms with E-state index in [1.807, 2.05) is 42.5 Å². The number of carboxylic acids is 1. The number of carbonyl (C=O) groups is 2. The van der Waals surface area contributed by atoms with Gasteiger partial charge in [0.15, 0.2) is 0 Å². The molecule has 0 fully saturated rings. The third-order valence-electron chi connectivity index (χ3n) is 5.69. The molecule has 1 atom stereocenters. The smallest absolute Gasteiger partial charge is 0.336 e. The van der Waals surface area contributed by atoms with Crippen LogP contribution in [0.4, 0.5) is 11.4 Å². The number of nitrogen functional groups attached to an aromatic ring is 1. The summed E-state index contributed by atoms with van der Waals surface area (Å²) in [5, 5.41) is 23.6. The lowest BCUT2D eigenvalue weighted by atomic mass is 9.87. The van der Waals surface area contributed by atoms with Crippen LogP contribution < -0.4 is 16.4 Å². The number of carboxylic acid groups (broad SMARTS) is 1. The molecule has 7 heteroatoms. The van der Waals surface area contributed by atoms with E-state index < -0.39 is 5.97 Å². The van der Waals surface area contributed by atoms with Crippen LogP contribution in [0.15, 0.2) is 60.7 Å². The van der Waals surface area contributed by atoms with Gasteiger partial charge in [-0.3, -0.25) is 10.2 Å². The SMILES string of the molecule is CC(=O)Nc1ccc(-c2ccccc2CC2CNc3ccc(C(=N)N)cc32)c(C(=O)O)c1. The summed E-state index contributed by atoms with van der Waals surface area (Å²) in [5.74, 6) is -1.12. The molecule has 32 heavy (non-hydrogen) atoms. The molecular weight excluding hydrogens is 404 g/mol. The lowest BCUT2D eigenvalue weighted by molar-refractivity contribution is -0.114. The molecule has 3 aromatic carbocycles. The average molecular weight is 428 g/mol. The topological polar surface area (TPSA) is 128 Å². The van der Waals surface area contributed by atoms with Crippen LogP contribution >= 0.6 is 0 Å². The van der Waals surface area contributed by atoms with E-state index in [9.17, 15) is 14.7 Å². The summed E-state index contributed by atoms with van der Waals surface area (Å²) >= 11 is 0. The number of anilines is 2. The summed E-state index contributed by atoms with van der Waals surface area (Å²) in [6, 6.07) is 18.4. The molecule has 0 aliphatic carbocycles. The number of hydrogen-bond donors (Lipinski definition) is 5. The minimum atomic E-state index is -1.05. The lowest BCUT2D eigenvalue weighted by Crippen LogP contribution is -2.12. The van der Waals surface area contributed by atoms with Gasteiger partial charge in [-0.1, -0.05) is 30.3 Å². The van der Waals surface area contributed by atoms with E-state index >= 15 is 0 Å². The summed E-state index contributed by atoms with van der Waals surface area (Å²) in [6.45, 7) is 2.13. The van der Waals surface area contributed by atoms with E-state index in [2.05, 4.69) is 10.6 Å². The second kappa shape index (κ2) is 8.55. The zero-order chi connectivity index (χ0) is 22.8. The first-order valence-electron chi connectivity index (χ1n) is 10.3. The van der Waals surface area contributed by atoms with Crippen LogP contribution in [-0.2, 0) is 11.2 Å². The van der Waals surface area contributed by atoms with Gasteiger partial charge in [0.2, 0.25) is 5.91 Å². The Kier molecular flexibility index (Phi) is 5.64. The van der Waals surface area contributed by atoms with E-state index in [1.165, 1.54) is 13.0 Å². The molecule has 6 N–H and O–H groups in total. The van der Waals surface area contributed by atoms with Gasteiger partial charge in [-0.25, -0.2) is 4.79 Å². The first kappa shape index (κ1) is 21.1. The van der Waals surface area contributed by atoms with E-state index in [4.69, 9.17) is 11.1 Å². The van der Waals surface area contributed by atoms with Crippen LogP contribution in [-0.4, -0.2) is 29.4 Å². The summed E-state index contributed by atoms with van der Waals surface area (Å²) in [5.41, 5.74) is 11.5. The first-order chi connectivity index (χ1) is 15.3. The number of aromatic carboxylic acids is 1. The Morgan fingerprint density at radius 1 is 1.12 bits per heavy atom. The van der Waals surface area contributed by atoms with E-state index in [0.29, 0.717) is 23.2 Å². The number of benzene rings is 3. The fraction of sp³-hybridized carbons (Fsp3) is 0.160. The molecule has 1 unspecified atom stereocenters. The highest BCUT2D eigenvalue weighted by Crippen LogP contribution is 2.37. The van der Waals surface area contributed by atoms with E-state index in [1.54, 1.807) is 12.1 Å². The zero-order valence-corrected chi connectivity index (χ0v) is 17.6. The largest absolute Gasteiger partial charge is 0.478 e. The molecule has 162 valence electrons. The third-order valence-corrected chi connectivity index (χ3v) is 5.69. The summed E-state index contributed by atoms with van der Waals surface area (Å²) in [4.78, 5) is 23.4. The maximum Gasteiger partial charge on any atom is 0.336 e. The van der Waals surface area contributed by atoms with Gasteiger partial charge in [0.05, 0.1) is 5.56 Å². The van der Waals surface area contributed by atoms with Gasteiger partial charge >= 0.3 is 5.97 Å². The van der Waals surface area contributed by atoms with Gasteiger partial charge in [0.25, 0.3) is 0 Å².